The van der Waals surface area contributed by atoms with Gasteiger partial charge in [0, 0.05) is 17.9 Å². The van der Waals surface area contributed by atoms with Gasteiger partial charge in [-0.15, -0.1) is 23.1 Å². The first-order valence-electron chi connectivity index (χ1n) is 7.63. The van der Waals surface area contributed by atoms with Crippen LogP contribution in [0.4, 0.5) is 0 Å². The minimum Gasteiger partial charge on any atom is -0.497 e. The number of carbonyl (C=O) groups is 1. The van der Waals surface area contributed by atoms with Crippen molar-refractivity contribution < 1.29 is 14.3 Å². The quantitative estimate of drug-likeness (QED) is 0.829. The highest BCUT2D eigenvalue weighted by Crippen LogP contribution is 2.44. The van der Waals surface area contributed by atoms with Crippen LogP contribution in [-0.2, 0) is 0 Å². The first-order valence-corrected chi connectivity index (χ1v) is 9.50. The third-order valence-electron chi connectivity index (χ3n) is 3.95. The van der Waals surface area contributed by atoms with Crippen LogP contribution in [-0.4, -0.2) is 42.3 Å². The Bertz CT molecular complexity index is 760. The first-order chi connectivity index (χ1) is 11.5. The largest absolute Gasteiger partial charge is 0.497 e. The van der Waals surface area contributed by atoms with Crippen LogP contribution < -0.4 is 9.47 Å². The van der Waals surface area contributed by atoms with E-state index in [4.69, 9.17) is 9.47 Å². The highest BCUT2D eigenvalue weighted by atomic mass is 32.2. The van der Waals surface area contributed by atoms with Gasteiger partial charge < -0.3 is 14.4 Å². The Labute approximate surface area is 150 Å². The average molecular weight is 364 g/mol. The van der Waals surface area contributed by atoms with Crippen molar-refractivity contribution in [2.24, 2.45) is 0 Å². The van der Waals surface area contributed by atoms with Gasteiger partial charge in [-0.1, -0.05) is 0 Å². The number of hydrogen-bond donors (Lipinski definition) is 0. The molecule has 1 atom stereocenters. The van der Waals surface area contributed by atoms with E-state index >= 15 is 0 Å². The molecule has 1 fully saturated rings. The Balaban J connectivity index is 1.96. The number of aryl methyl sites for hydroxylation is 2. The van der Waals surface area contributed by atoms with Crippen molar-refractivity contribution >= 4 is 29.0 Å². The lowest BCUT2D eigenvalue weighted by molar-refractivity contribution is 0.0763. The summed E-state index contributed by atoms with van der Waals surface area (Å²) in [5.74, 6) is 2.46. The zero-order chi connectivity index (χ0) is 17.3. The van der Waals surface area contributed by atoms with Gasteiger partial charge >= 0.3 is 0 Å². The van der Waals surface area contributed by atoms with Crippen LogP contribution in [0.2, 0.25) is 0 Å². The predicted octanol–water partition coefficient (Wildman–Crippen LogP) is 3.66. The third kappa shape index (κ3) is 3.10. The van der Waals surface area contributed by atoms with Gasteiger partial charge in [0.05, 0.1) is 24.9 Å². The Morgan fingerprint density at radius 3 is 2.71 bits per heavy atom. The fraction of sp³-hybridized carbons (Fsp3) is 0.412. The number of thioether (sulfide) groups is 1. The molecule has 0 saturated carbocycles. The molecule has 1 saturated heterocycles. The van der Waals surface area contributed by atoms with Gasteiger partial charge in [-0.3, -0.25) is 4.79 Å². The number of carbonyl (C=O) groups excluding carboxylic acids is 1. The second kappa shape index (κ2) is 7.03. The fourth-order valence-corrected chi connectivity index (χ4v) is 4.97. The van der Waals surface area contributed by atoms with Crippen LogP contribution in [0.5, 0.6) is 11.5 Å². The number of nitrogens with zero attached hydrogens (tertiary/aromatic N) is 2. The lowest BCUT2D eigenvalue weighted by Gasteiger charge is -2.25. The predicted molar refractivity (Wildman–Crippen MR) is 97.4 cm³/mol. The molecule has 2 aromatic rings. The van der Waals surface area contributed by atoms with Crippen molar-refractivity contribution in [1.82, 2.24) is 9.88 Å². The molecule has 1 aliphatic heterocycles. The van der Waals surface area contributed by atoms with Gasteiger partial charge in [0.1, 0.15) is 21.8 Å². The summed E-state index contributed by atoms with van der Waals surface area (Å²) < 4.78 is 10.8. The molecule has 128 valence electrons. The van der Waals surface area contributed by atoms with E-state index in [-0.39, 0.29) is 11.3 Å². The van der Waals surface area contributed by atoms with E-state index < -0.39 is 0 Å². The number of methoxy groups -OCH3 is 2. The molecule has 1 aromatic carbocycles. The minimum atomic E-state index is -0.0793. The van der Waals surface area contributed by atoms with Crippen LogP contribution in [0.25, 0.3) is 0 Å². The van der Waals surface area contributed by atoms with Crippen molar-refractivity contribution in [3.05, 3.63) is 39.3 Å². The van der Waals surface area contributed by atoms with E-state index in [1.165, 1.54) is 11.3 Å². The maximum Gasteiger partial charge on any atom is 0.267 e. The molecule has 1 aromatic heterocycles. The number of thiazole rings is 1. The van der Waals surface area contributed by atoms with Crippen molar-refractivity contribution in [2.45, 2.75) is 19.2 Å². The van der Waals surface area contributed by atoms with E-state index in [2.05, 4.69) is 4.98 Å². The van der Waals surface area contributed by atoms with Crippen LogP contribution in [0.3, 0.4) is 0 Å². The van der Waals surface area contributed by atoms with Gasteiger partial charge in [0.15, 0.2) is 0 Å². The molecule has 0 radical (unpaired) electrons. The molecule has 0 bridgehead atoms. The maximum atomic E-state index is 13.0. The van der Waals surface area contributed by atoms with Gasteiger partial charge in [-0.25, -0.2) is 4.98 Å². The number of benzene rings is 1. The standard InChI is InChI=1S/C17H20N2O3S2/c1-10-15(24-11(2)18-10)16(20)19-7-8-23-17(19)13-9-12(21-3)5-6-14(13)22-4/h5-6,9,17H,7-8H2,1-4H3. The molecule has 0 aliphatic carbocycles. The van der Waals surface area contributed by atoms with Gasteiger partial charge in [0.2, 0.25) is 0 Å². The summed E-state index contributed by atoms with van der Waals surface area (Å²) in [6.07, 6.45) is 0. The van der Waals surface area contributed by atoms with Crippen molar-refractivity contribution in [3.8, 4) is 11.5 Å². The Hall–Kier alpha value is -1.73. The molecule has 1 aliphatic rings. The normalized spacial score (nSPS) is 17.2. The van der Waals surface area contributed by atoms with Crippen molar-refractivity contribution in [3.63, 3.8) is 0 Å². The maximum absolute atomic E-state index is 13.0. The smallest absolute Gasteiger partial charge is 0.267 e. The van der Waals surface area contributed by atoms with E-state index in [0.717, 1.165) is 38.4 Å². The molecule has 0 spiro atoms. The first kappa shape index (κ1) is 17.1. The topological polar surface area (TPSA) is 51.7 Å². The number of aromatic nitrogens is 1. The minimum absolute atomic E-state index is 0.0398. The van der Waals surface area contributed by atoms with E-state index in [1.54, 1.807) is 26.0 Å². The molecular weight excluding hydrogens is 344 g/mol. The fourth-order valence-electron chi connectivity index (χ4n) is 2.83. The molecule has 1 amide bonds. The molecule has 5 nitrogen and oxygen atoms in total. The molecule has 3 rings (SSSR count). The number of rotatable bonds is 4. The summed E-state index contributed by atoms with van der Waals surface area (Å²) in [7, 11) is 3.29. The third-order valence-corrected chi connectivity index (χ3v) is 6.26. The number of hydrogen-bond acceptors (Lipinski definition) is 6. The average Bonchev–Trinajstić information content (AvgIpc) is 3.19. The Kier molecular flexibility index (Phi) is 5.01. The molecule has 1 unspecified atom stereocenters. The van der Waals surface area contributed by atoms with E-state index in [9.17, 15) is 4.79 Å². The van der Waals surface area contributed by atoms with Gasteiger partial charge in [-0.2, -0.15) is 0 Å². The van der Waals surface area contributed by atoms with Gasteiger partial charge in [0.25, 0.3) is 5.91 Å². The summed E-state index contributed by atoms with van der Waals surface area (Å²) in [4.78, 5) is 20.0. The molecule has 7 heteroatoms. The monoisotopic (exact) mass is 364 g/mol. The van der Waals surface area contributed by atoms with Crippen molar-refractivity contribution in [2.75, 3.05) is 26.5 Å². The molecule has 2 heterocycles. The summed E-state index contributed by atoms with van der Waals surface area (Å²) in [5, 5.41) is 0.836. The van der Waals surface area contributed by atoms with Crippen LogP contribution in [0.1, 0.15) is 31.3 Å². The summed E-state index contributed by atoms with van der Waals surface area (Å²) in [6, 6.07) is 5.70. The second-order valence-electron chi connectivity index (χ2n) is 5.48. The van der Waals surface area contributed by atoms with Crippen LogP contribution in [0.15, 0.2) is 18.2 Å². The van der Waals surface area contributed by atoms with Crippen molar-refractivity contribution in [1.29, 1.82) is 0 Å². The van der Waals surface area contributed by atoms with E-state index in [0.29, 0.717) is 6.54 Å². The van der Waals surface area contributed by atoms with Crippen LogP contribution >= 0.6 is 23.1 Å². The lowest BCUT2D eigenvalue weighted by Crippen LogP contribution is -2.30. The lowest BCUT2D eigenvalue weighted by atomic mass is 10.1. The summed E-state index contributed by atoms with van der Waals surface area (Å²) >= 11 is 3.20. The molecule has 24 heavy (non-hydrogen) atoms. The van der Waals surface area contributed by atoms with E-state index in [1.807, 2.05) is 36.9 Å². The highest BCUT2D eigenvalue weighted by Gasteiger charge is 2.34. The number of ether oxygens (including phenoxy) is 2. The summed E-state index contributed by atoms with van der Waals surface area (Å²) in [6.45, 7) is 4.53. The zero-order valence-electron chi connectivity index (χ0n) is 14.2. The number of amides is 1. The SMILES string of the molecule is COc1ccc(OC)c(C2SCCN2C(=O)c2sc(C)nc2C)c1. The summed E-state index contributed by atoms with van der Waals surface area (Å²) in [5.41, 5.74) is 1.77. The Morgan fingerprint density at radius 1 is 1.29 bits per heavy atom. The highest BCUT2D eigenvalue weighted by molar-refractivity contribution is 7.99. The Morgan fingerprint density at radius 2 is 2.08 bits per heavy atom. The van der Waals surface area contributed by atoms with Crippen LogP contribution in [0, 0.1) is 13.8 Å². The molecular formula is C17H20N2O3S2. The molecule has 0 N–H and O–H groups in total. The zero-order valence-corrected chi connectivity index (χ0v) is 15.8. The van der Waals surface area contributed by atoms with Gasteiger partial charge in [-0.05, 0) is 32.0 Å². The second-order valence-corrected chi connectivity index (χ2v) is 7.87.